The van der Waals surface area contributed by atoms with E-state index in [1.54, 1.807) is 12.1 Å². The normalized spacial score (nSPS) is 15.7. The highest BCUT2D eigenvalue weighted by Gasteiger charge is 2.16. The Balaban J connectivity index is 0.00000363. The van der Waals surface area contributed by atoms with Gasteiger partial charge in [0.25, 0.3) is 5.91 Å². The third-order valence-corrected chi connectivity index (χ3v) is 4.92. The predicted octanol–water partition coefficient (Wildman–Crippen LogP) is 3.75. The molecule has 3 rings (SSSR count). The molecule has 32 heavy (non-hydrogen) atoms. The summed E-state index contributed by atoms with van der Waals surface area (Å²) < 4.78 is 32.7. The standard InChI is InChI=1S/C23H28F2N4O2.HI/c1-2-26-23(29-14-18-12-19(24)8-9-21(18)25)28-13-16-5-3-6-17(11-16)22(30)27-15-20-7-4-10-31-20;/h3,5-6,8-9,11-12,20H,2,4,7,10,13-15H2,1H3,(H,27,30)(H2,26,28,29);1H. The summed E-state index contributed by atoms with van der Waals surface area (Å²) in [4.78, 5) is 16.9. The van der Waals surface area contributed by atoms with E-state index in [0.29, 0.717) is 31.2 Å². The van der Waals surface area contributed by atoms with Gasteiger partial charge in [-0.1, -0.05) is 12.1 Å². The molecule has 0 saturated carbocycles. The second kappa shape index (κ2) is 13.3. The summed E-state index contributed by atoms with van der Waals surface area (Å²) in [7, 11) is 0. The number of carbonyl (C=O) groups excluding carboxylic acids is 1. The average molecular weight is 558 g/mol. The fraction of sp³-hybridized carbons (Fsp3) is 0.391. The molecule has 1 unspecified atom stereocenters. The van der Waals surface area contributed by atoms with Crippen LogP contribution in [0.4, 0.5) is 8.78 Å². The number of rotatable bonds is 8. The molecule has 0 spiro atoms. The highest BCUT2D eigenvalue weighted by Crippen LogP contribution is 2.12. The van der Waals surface area contributed by atoms with Gasteiger partial charge in [0, 0.05) is 37.4 Å². The Kier molecular flexibility index (Phi) is 10.8. The fourth-order valence-electron chi connectivity index (χ4n) is 3.29. The van der Waals surface area contributed by atoms with E-state index in [1.165, 1.54) is 0 Å². The molecule has 0 aliphatic carbocycles. The van der Waals surface area contributed by atoms with Gasteiger partial charge in [-0.05, 0) is 55.7 Å². The van der Waals surface area contributed by atoms with Gasteiger partial charge < -0.3 is 20.7 Å². The van der Waals surface area contributed by atoms with E-state index in [-0.39, 0.29) is 48.1 Å². The Morgan fingerprint density at radius 2 is 2.00 bits per heavy atom. The summed E-state index contributed by atoms with van der Waals surface area (Å²) in [5, 5.41) is 8.99. The van der Waals surface area contributed by atoms with Crippen LogP contribution in [-0.4, -0.2) is 37.7 Å². The maximum atomic E-state index is 13.8. The van der Waals surface area contributed by atoms with E-state index in [1.807, 2.05) is 19.1 Å². The molecular weight excluding hydrogens is 529 g/mol. The van der Waals surface area contributed by atoms with Crippen molar-refractivity contribution in [2.75, 3.05) is 19.7 Å². The van der Waals surface area contributed by atoms with E-state index in [4.69, 9.17) is 4.74 Å². The number of amides is 1. The second-order valence-electron chi connectivity index (χ2n) is 7.33. The van der Waals surface area contributed by atoms with Crippen LogP contribution in [0.1, 0.15) is 41.3 Å². The third kappa shape index (κ3) is 8.01. The number of aliphatic imine (C=N–C) groups is 1. The lowest BCUT2D eigenvalue weighted by Crippen LogP contribution is -2.37. The van der Waals surface area contributed by atoms with Crippen molar-refractivity contribution < 1.29 is 18.3 Å². The molecule has 1 aliphatic rings. The first-order chi connectivity index (χ1) is 15.0. The van der Waals surface area contributed by atoms with Gasteiger partial charge in [-0.15, -0.1) is 24.0 Å². The van der Waals surface area contributed by atoms with Gasteiger partial charge >= 0.3 is 0 Å². The summed E-state index contributed by atoms with van der Waals surface area (Å²) >= 11 is 0. The molecule has 1 fully saturated rings. The Labute approximate surface area is 204 Å². The largest absolute Gasteiger partial charge is 0.376 e. The highest BCUT2D eigenvalue weighted by molar-refractivity contribution is 14.0. The molecule has 174 valence electrons. The first kappa shape index (κ1) is 26.0. The van der Waals surface area contributed by atoms with Crippen molar-refractivity contribution >= 4 is 35.8 Å². The van der Waals surface area contributed by atoms with Gasteiger partial charge in [0.1, 0.15) is 11.6 Å². The molecule has 1 aliphatic heterocycles. The predicted molar refractivity (Wildman–Crippen MR) is 131 cm³/mol. The van der Waals surface area contributed by atoms with Gasteiger partial charge in [0.15, 0.2) is 5.96 Å². The fourth-order valence-corrected chi connectivity index (χ4v) is 3.29. The molecule has 0 aromatic heterocycles. The summed E-state index contributed by atoms with van der Waals surface area (Å²) in [5.41, 5.74) is 1.64. The van der Waals surface area contributed by atoms with Gasteiger partial charge in [-0.2, -0.15) is 0 Å². The van der Waals surface area contributed by atoms with Crippen LogP contribution in [0, 0.1) is 11.6 Å². The monoisotopic (exact) mass is 558 g/mol. The molecule has 2 aromatic rings. The van der Waals surface area contributed by atoms with Crippen molar-refractivity contribution in [3.63, 3.8) is 0 Å². The van der Waals surface area contributed by atoms with Crippen LogP contribution in [-0.2, 0) is 17.8 Å². The van der Waals surface area contributed by atoms with Crippen molar-refractivity contribution in [1.29, 1.82) is 0 Å². The molecule has 2 aromatic carbocycles. The molecule has 1 heterocycles. The Bertz CT molecular complexity index is 921. The molecule has 0 bridgehead atoms. The van der Waals surface area contributed by atoms with Gasteiger partial charge in [0.2, 0.25) is 0 Å². The molecule has 1 amide bonds. The number of guanidine groups is 1. The maximum absolute atomic E-state index is 13.8. The van der Waals surface area contributed by atoms with Crippen molar-refractivity contribution in [2.24, 2.45) is 4.99 Å². The van der Waals surface area contributed by atoms with Crippen LogP contribution in [0.25, 0.3) is 0 Å². The number of hydrogen-bond donors (Lipinski definition) is 3. The lowest BCUT2D eigenvalue weighted by atomic mass is 10.1. The molecule has 1 saturated heterocycles. The van der Waals surface area contributed by atoms with Crippen molar-refractivity contribution in [3.8, 4) is 0 Å². The van der Waals surface area contributed by atoms with E-state index >= 15 is 0 Å². The van der Waals surface area contributed by atoms with Crippen LogP contribution < -0.4 is 16.0 Å². The molecule has 0 radical (unpaired) electrons. The summed E-state index contributed by atoms with van der Waals surface area (Å²) in [6.07, 6.45) is 2.09. The summed E-state index contributed by atoms with van der Waals surface area (Å²) in [6, 6.07) is 10.6. The molecule has 9 heteroatoms. The SMILES string of the molecule is CCNC(=NCc1cccc(C(=O)NCC2CCCO2)c1)NCc1cc(F)ccc1F.I. The lowest BCUT2D eigenvalue weighted by molar-refractivity contribution is 0.0857. The number of benzene rings is 2. The van der Waals surface area contributed by atoms with Crippen LogP contribution in [0.3, 0.4) is 0 Å². The van der Waals surface area contributed by atoms with E-state index < -0.39 is 11.6 Å². The topological polar surface area (TPSA) is 74.8 Å². The third-order valence-electron chi connectivity index (χ3n) is 4.92. The van der Waals surface area contributed by atoms with Crippen molar-refractivity contribution in [1.82, 2.24) is 16.0 Å². The maximum Gasteiger partial charge on any atom is 0.251 e. The van der Waals surface area contributed by atoms with Crippen LogP contribution in [0.15, 0.2) is 47.5 Å². The van der Waals surface area contributed by atoms with Crippen molar-refractivity contribution in [3.05, 3.63) is 70.8 Å². The number of nitrogens with one attached hydrogen (secondary N) is 3. The Hall–Kier alpha value is -2.27. The molecule has 1 atom stereocenters. The first-order valence-electron chi connectivity index (χ1n) is 10.5. The highest BCUT2D eigenvalue weighted by atomic mass is 127. The molecule has 6 nitrogen and oxygen atoms in total. The van der Waals surface area contributed by atoms with Crippen LogP contribution in [0.2, 0.25) is 0 Å². The number of hydrogen-bond acceptors (Lipinski definition) is 3. The number of ether oxygens (including phenoxy) is 1. The van der Waals surface area contributed by atoms with E-state index in [0.717, 1.165) is 43.2 Å². The minimum Gasteiger partial charge on any atom is -0.376 e. The zero-order valence-corrected chi connectivity index (χ0v) is 20.3. The zero-order chi connectivity index (χ0) is 22.1. The zero-order valence-electron chi connectivity index (χ0n) is 18.0. The first-order valence-corrected chi connectivity index (χ1v) is 10.5. The van der Waals surface area contributed by atoms with Gasteiger partial charge in [-0.25, -0.2) is 13.8 Å². The lowest BCUT2D eigenvalue weighted by Gasteiger charge is -2.13. The molecule has 3 N–H and O–H groups in total. The second-order valence-corrected chi connectivity index (χ2v) is 7.33. The average Bonchev–Trinajstić information content (AvgIpc) is 3.30. The Morgan fingerprint density at radius 1 is 1.16 bits per heavy atom. The summed E-state index contributed by atoms with van der Waals surface area (Å²) in [5.74, 6) is -0.645. The van der Waals surface area contributed by atoms with Crippen LogP contribution in [0.5, 0.6) is 0 Å². The number of nitrogens with zero attached hydrogens (tertiary/aromatic N) is 1. The Morgan fingerprint density at radius 3 is 2.75 bits per heavy atom. The smallest absolute Gasteiger partial charge is 0.251 e. The van der Waals surface area contributed by atoms with Crippen molar-refractivity contribution in [2.45, 2.75) is 39.0 Å². The van der Waals surface area contributed by atoms with E-state index in [9.17, 15) is 13.6 Å². The quantitative estimate of drug-likeness (QED) is 0.262. The van der Waals surface area contributed by atoms with E-state index in [2.05, 4.69) is 20.9 Å². The molecular formula is C23H29F2IN4O2. The van der Waals surface area contributed by atoms with Gasteiger partial charge in [0.05, 0.1) is 12.6 Å². The minimum absolute atomic E-state index is 0. The number of carbonyl (C=O) groups is 1. The minimum atomic E-state index is -0.491. The summed E-state index contributed by atoms with van der Waals surface area (Å²) in [6.45, 7) is 4.21. The van der Waals surface area contributed by atoms with Gasteiger partial charge in [-0.3, -0.25) is 4.79 Å². The van der Waals surface area contributed by atoms with Crippen LogP contribution >= 0.6 is 24.0 Å². The number of halogens is 3.